The first-order chi connectivity index (χ1) is 11.7. The SMILES string of the molecule is C=CC(=O)CC.CC.CCCCCCc1ncc(CCCC)cn1. The molecular weight excluding hydrogens is 296 g/mol. The zero-order valence-corrected chi connectivity index (χ0v) is 16.6. The Labute approximate surface area is 150 Å². The highest BCUT2D eigenvalue weighted by Crippen LogP contribution is 2.06. The van der Waals surface area contributed by atoms with Gasteiger partial charge in [-0.1, -0.05) is 66.9 Å². The second-order valence-corrected chi connectivity index (χ2v) is 5.45. The van der Waals surface area contributed by atoms with Gasteiger partial charge in [-0.05, 0) is 30.9 Å². The summed E-state index contributed by atoms with van der Waals surface area (Å²) in [5.41, 5.74) is 1.28. The van der Waals surface area contributed by atoms with Crippen LogP contribution in [0, 0.1) is 0 Å². The molecule has 3 nitrogen and oxygen atoms in total. The maximum absolute atomic E-state index is 10.1. The lowest BCUT2D eigenvalue weighted by Crippen LogP contribution is -1.97. The van der Waals surface area contributed by atoms with E-state index in [0.29, 0.717) is 6.42 Å². The fourth-order valence-electron chi connectivity index (χ4n) is 1.87. The van der Waals surface area contributed by atoms with Gasteiger partial charge in [0.2, 0.25) is 0 Å². The van der Waals surface area contributed by atoms with E-state index in [-0.39, 0.29) is 5.78 Å². The molecule has 1 aromatic rings. The minimum Gasteiger partial charge on any atom is -0.295 e. The van der Waals surface area contributed by atoms with E-state index in [9.17, 15) is 4.79 Å². The number of rotatable bonds is 10. The van der Waals surface area contributed by atoms with E-state index >= 15 is 0 Å². The molecule has 0 aromatic carbocycles. The van der Waals surface area contributed by atoms with Crippen molar-refractivity contribution in [1.82, 2.24) is 9.97 Å². The maximum Gasteiger partial charge on any atom is 0.154 e. The summed E-state index contributed by atoms with van der Waals surface area (Å²) in [5.74, 6) is 1.12. The van der Waals surface area contributed by atoms with Crippen LogP contribution in [-0.4, -0.2) is 15.8 Å². The Morgan fingerprint density at radius 3 is 1.96 bits per heavy atom. The molecule has 1 rings (SSSR count). The van der Waals surface area contributed by atoms with Crippen LogP contribution < -0.4 is 0 Å². The molecule has 24 heavy (non-hydrogen) atoms. The van der Waals surface area contributed by atoms with Gasteiger partial charge in [0.25, 0.3) is 0 Å². The van der Waals surface area contributed by atoms with Crippen LogP contribution in [0.4, 0.5) is 0 Å². The van der Waals surface area contributed by atoms with Gasteiger partial charge in [0.15, 0.2) is 5.78 Å². The van der Waals surface area contributed by atoms with Crippen molar-refractivity contribution in [2.24, 2.45) is 0 Å². The summed E-state index contributed by atoms with van der Waals surface area (Å²) >= 11 is 0. The van der Waals surface area contributed by atoms with Crippen molar-refractivity contribution in [2.75, 3.05) is 0 Å². The molecule has 0 saturated carbocycles. The molecule has 0 amide bonds. The van der Waals surface area contributed by atoms with Crippen molar-refractivity contribution in [3.05, 3.63) is 36.4 Å². The molecule has 0 radical (unpaired) electrons. The summed E-state index contributed by atoms with van der Waals surface area (Å²) in [6.07, 6.45) is 15.7. The topological polar surface area (TPSA) is 42.9 Å². The fraction of sp³-hybridized carbons (Fsp3) is 0.667. The zero-order chi connectivity index (χ0) is 18.6. The number of ketones is 1. The minimum atomic E-state index is 0.106. The van der Waals surface area contributed by atoms with Gasteiger partial charge >= 0.3 is 0 Å². The number of aromatic nitrogens is 2. The predicted octanol–water partition coefficient (Wildman–Crippen LogP) is 6.12. The zero-order valence-electron chi connectivity index (χ0n) is 16.6. The van der Waals surface area contributed by atoms with E-state index in [0.717, 1.165) is 18.7 Å². The number of aryl methyl sites for hydroxylation is 2. The molecule has 0 unspecified atom stereocenters. The largest absolute Gasteiger partial charge is 0.295 e. The number of carbonyl (C=O) groups is 1. The molecule has 1 heterocycles. The molecule has 0 bridgehead atoms. The summed E-state index contributed by atoms with van der Waals surface area (Å²) < 4.78 is 0. The maximum atomic E-state index is 10.1. The summed E-state index contributed by atoms with van der Waals surface area (Å²) in [7, 11) is 0. The molecule has 0 aliphatic rings. The van der Waals surface area contributed by atoms with Gasteiger partial charge < -0.3 is 0 Å². The first kappa shape index (κ1) is 24.7. The predicted molar refractivity (Wildman–Crippen MR) is 105 cm³/mol. The van der Waals surface area contributed by atoms with Crippen molar-refractivity contribution in [3.8, 4) is 0 Å². The molecule has 0 aliphatic carbocycles. The van der Waals surface area contributed by atoms with Crippen LogP contribution in [0.5, 0.6) is 0 Å². The van der Waals surface area contributed by atoms with Crippen LogP contribution in [0.2, 0.25) is 0 Å². The smallest absolute Gasteiger partial charge is 0.154 e. The molecule has 0 atom stereocenters. The minimum absolute atomic E-state index is 0.106. The second kappa shape index (κ2) is 19.5. The van der Waals surface area contributed by atoms with Crippen LogP contribution >= 0.6 is 0 Å². The van der Waals surface area contributed by atoms with Gasteiger partial charge in [0, 0.05) is 25.2 Å². The highest BCUT2D eigenvalue weighted by atomic mass is 16.1. The van der Waals surface area contributed by atoms with Gasteiger partial charge in [-0.3, -0.25) is 4.79 Å². The number of nitrogens with zero attached hydrogens (tertiary/aromatic N) is 2. The quantitative estimate of drug-likeness (QED) is 0.382. The molecule has 0 aliphatic heterocycles. The number of carbonyl (C=O) groups excluding carboxylic acids is 1. The van der Waals surface area contributed by atoms with Crippen molar-refractivity contribution in [2.45, 2.75) is 92.4 Å². The molecule has 138 valence electrons. The average Bonchev–Trinajstić information content (AvgIpc) is 2.66. The standard InChI is InChI=1S/C14H24N2.C5H8O.C2H6/c1-3-5-7-8-10-14-15-11-13(12-16-14)9-6-4-2;1-3-5(6)4-2;1-2/h11-12H,3-10H2,1-2H3;3H,1,4H2,2H3;1-2H3. The van der Waals surface area contributed by atoms with Crippen molar-refractivity contribution < 1.29 is 4.79 Å². The van der Waals surface area contributed by atoms with E-state index in [4.69, 9.17) is 0 Å². The summed E-state index contributed by atoms with van der Waals surface area (Å²) in [6, 6.07) is 0. The fourth-order valence-corrected chi connectivity index (χ4v) is 1.87. The lowest BCUT2D eigenvalue weighted by molar-refractivity contribution is -0.114. The van der Waals surface area contributed by atoms with Gasteiger partial charge in [-0.15, -0.1) is 0 Å². The van der Waals surface area contributed by atoms with Crippen LogP contribution in [0.3, 0.4) is 0 Å². The number of hydrogen-bond acceptors (Lipinski definition) is 3. The number of allylic oxidation sites excluding steroid dienone is 1. The Hall–Kier alpha value is -1.51. The summed E-state index contributed by atoms with van der Waals surface area (Å²) in [6.45, 7) is 13.5. The van der Waals surface area contributed by atoms with E-state index in [1.807, 2.05) is 33.2 Å². The first-order valence-corrected chi connectivity index (χ1v) is 9.62. The van der Waals surface area contributed by atoms with Crippen LogP contribution in [0.15, 0.2) is 25.0 Å². The normalized spacial score (nSPS) is 9.21. The molecule has 3 heteroatoms. The van der Waals surface area contributed by atoms with E-state index in [2.05, 4.69) is 30.4 Å². The summed E-state index contributed by atoms with van der Waals surface area (Å²) in [4.78, 5) is 18.9. The molecule has 1 aromatic heterocycles. The number of unbranched alkanes of at least 4 members (excludes halogenated alkanes) is 4. The van der Waals surface area contributed by atoms with E-state index in [1.54, 1.807) is 0 Å². The molecular formula is C21H38N2O. The van der Waals surface area contributed by atoms with Crippen molar-refractivity contribution in [3.63, 3.8) is 0 Å². The lowest BCUT2D eigenvalue weighted by atomic mass is 10.1. The summed E-state index contributed by atoms with van der Waals surface area (Å²) in [5, 5.41) is 0. The van der Waals surface area contributed by atoms with Crippen LogP contribution in [-0.2, 0) is 17.6 Å². The third kappa shape index (κ3) is 15.4. The Morgan fingerprint density at radius 2 is 1.54 bits per heavy atom. The van der Waals surface area contributed by atoms with Gasteiger partial charge in [0.1, 0.15) is 5.82 Å². The van der Waals surface area contributed by atoms with E-state index < -0.39 is 0 Å². The monoisotopic (exact) mass is 334 g/mol. The van der Waals surface area contributed by atoms with Crippen LogP contribution in [0.25, 0.3) is 0 Å². The van der Waals surface area contributed by atoms with E-state index in [1.165, 1.54) is 50.2 Å². The second-order valence-electron chi connectivity index (χ2n) is 5.45. The Morgan fingerprint density at radius 1 is 0.958 bits per heavy atom. The van der Waals surface area contributed by atoms with Crippen molar-refractivity contribution >= 4 is 5.78 Å². The van der Waals surface area contributed by atoms with Crippen molar-refractivity contribution in [1.29, 1.82) is 0 Å². The Balaban J connectivity index is 0. The highest BCUT2D eigenvalue weighted by molar-refractivity contribution is 5.88. The first-order valence-electron chi connectivity index (χ1n) is 9.62. The number of hydrogen-bond donors (Lipinski definition) is 0. The molecule has 0 spiro atoms. The third-order valence-corrected chi connectivity index (χ3v) is 3.41. The van der Waals surface area contributed by atoms with Gasteiger partial charge in [-0.25, -0.2) is 9.97 Å². The van der Waals surface area contributed by atoms with Crippen LogP contribution in [0.1, 0.15) is 91.0 Å². The van der Waals surface area contributed by atoms with Gasteiger partial charge in [-0.2, -0.15) is 0 Å². The Bertz CT molecular complexity index is 399. The Kier molecular flexibility index (Phi) is 20.1. The average molecular weight is 335 g/mol. The van der Waals surface area contributed by atoms with Gasteiger partial charge in [0.05, 0.1) is 0 Å². The molecule has 0 N–H and O–H groups in total. The molecule has 0 fully saturated rings. The lowest BCUT2D eigenvalue weighted by Gasteiger charge is -2.02. The molecule has 0 saturated heterocycles. The third-order valence-electron chi connectivity index (χ3n) is 3.41. The highest BCUT2D eigenvalue weighted by Gasteiger charge is 1.98.